The molecule has 6 N–H and O–H groups in total. The van der Waals surface area contributed by atoms with E-state index in [0.717, 1.165) is 0 Å². The summed E-state index contributed by atoms with van der Waals surface area (Å²) in [6.07, 6.45) is 1.92. The molecule has 2 atom stereocenters. The van der Waals surface area contributed by atoms with Gasteiger partial charge in [-0.2, -0.15) is 5.06 Å². The summed E-state index contributed by atoms with van der Waals surface area (Å²) in [6.45, 7) is 1.29. The molecule has 100 valence electrons. The Hall–Kier alpha value is -1.17. The van der Waals surface area contributed by atoms with Crippen LogP contribution in [0.2, 0.25) is 0 Å². The highest BCUT2D eigenvalue weighted by Gasteiger charge is 2.40. The van der Waals surface area contributed by atoms with Gasteiger partial charge in [0.25, 0.3) is 0 Å². The minimum absolute atomic E-state index is 0.0935. The Balaban J connectivity index is 0.000000199. The van der Waals surface area contributed by atoms with E-state index in [-0.39, 0.29) is 5.11 Å². The summed E-state index contributed by atoms with van der Waals surface area (Å²) < 4.78 is 0.530. The molecule has 1 aromatic rings. The molecule has 1 saturated heterocycles. The van der Waals surface area contributed by atoms with Crippen LogP contribution in [0.1, 0.15) is 6.92 Å². The number of hydrazine groups is 1. The van der Waals surface area contributed by atoms with Gasteiger partial charge in [-0.3, -0.25) is 10.6 Å². The normalized spacial score (nSPS) is 27.0. The third-order valence-corrected chi connectivity index (χ3v) is 2.46. The largest absolute Gasteiger partial charge is 0.370 e. The number of hydrogen-bond acceptors (Lipinski definition) is 7. The van der Waals surface area contributed by atoms with E-state index in [2.05, 4.69) is 45.3 Å². The molecule has 0 saturated carbocycles. The van der Waals surface area contributed by atoms with Crippen molar-refractivity contribution in [3.05, 3.63) is 23.2 Å². The summed E-state index contributed by atoms with van der Waals surface area (Å²) in [5, 5.41) is 27.6. The molecule has 2 rings (SSSR count). The predicted octanol–water partition coefficient (Wildman–Crippen LogP) is -0.764. The van der Waals surface area contributed by atoms with E-state index in [1.807, 2.05) is 0 Å². The predicted molar refractivity (Wildman–Crippen MR) is 68.5 cm³/mol. The van der Waals surface area contributed by atoms with Crippen molar-refractivity contribution in [2.45, 2.75) is 18.9 Å². The third kappa shape index (κ3) is 3.94. The van der Waals surface area contributed by atoms with Crippen LogP contribution in [0.4, 0.5) is 0 Å². The Morgan fingerprint density at radius 1 is 1.50 bits per heavy atom. The lowest BCUT2D eigenvalue weighted by Gasteiger charge is -2.40. The van der Waals surface area contributed by atoms with Crippen molar-refractivity contribution in [1.29, 1.82) is 0 Å². The highest BCUT2D eigenvalue weighted by atomic mass is 32.1. The molecule has 1 fully saturated rings. The maximum absolute atomic E-state index is 9.25. The zero-order valence-electron chi connectivity index (χ0n) is 9.36. The van der Waals surface area contributed by atoms with Crippen molar-refractivity contribution in [2.24, 2.45) is 0 Å². The lowest BCUT2D eigenvalue weighted by atomic mass is 10.2. The van der Waals surface area contributed by atoms with E-state index in [1.165, 1.54) is 6.92 Å². The van der Waals surface area contributed by atoms with Gasteiger partial charge >= 0.3 is 0 Å². The van der Waals surface area contributed by atoms with Crippen LogP contribution >= 0.6 is 24.4 Å². The number of thiocarbonyl (C=S) groups is 1. The highest BCUT2D eigenvalue weighted by Crippen LogP contribution is 2.11. The van der Waals surface area contributed by atoms with E-state index in [9.17, 15) is 5.11 Å². The third-order valence-electron chi connectivity index (χ3n) is 1.95. The van der Waals surface area contributed by atoms with Crippen LogP contribution < -0.4 is 10.9 Å². The van der Waals surface area contributed by atoms with Crippen molar-refractivity contribution in [3.63, 3.8) is 0 Å². The van der Waals surface area contributed by atoms with Crippen LogP contribution in [-0.2, 0) is 0 Å². The Morgan fingerprint density at radius 2 is 2.17 bits per heavy atom. The first-order chi connectivity index (χ1) is 8.34. The second-order valence-electron chi connectivity index (χ2n) is 3.51. The van der Waals surface area contributed by atoms with Gasteiger partial charge in [-0.15, -0.1) is 0 Å². The van der Waals surface area contributed by atoms with Crippen molar-refractivity contribution in [1.82, 2.24) is 25.9 Å². The van der Waals surface area contributed by atoms with Crippen molar-refractivity contribution in [2.75, 3.05) is 0 Å². The van der Waals surface area contributed by atoms with Crippen LogP contribution in [0, 0.1) is 4.77 Å². The fourth-order valence-corrected chi connectivity index (χ4v) is 1.24. The maximum atomic E-state index is 9.25. The monoisotopic (exact) mass is 291 g/mol. The summed E-state index contributed by atoms with van der Waals surface area (Å²) in [4.78, 5) is 6.47. The number of nitrogens with zero attached hydrogens (tertiary/aromatic N) is 2. The molecule has 0 amide bonds. The van der Waals surface area contributed by atoms with Gasteiger partial charge in [0, 0.05) is 12.4 Å². The molecule has 1 aliphatic rings. The van der Waals surface area contributed by atoms with Gasteiger partial charge in [0.1, 0.15) is 0 Å². The lowest BCUT2D eigenvalue weighted by Crippen LogP contribution is -2.71. The van der Waals surface area contributed by atoms with E-state index >= 15 is 0 Å². The number of hydrogen-bond donors (Lipinski definition) is 6. The lowest BCUT2D eigenvalue weighted by molar-refractivity contribution is -0.239. The molecule has 2 unspecified atom stereocenters. The van der Waals surface area contributed by atoms with Crippen molar-refractivity contribution in [3.8, 4) is 0 Å². The number of aromatic nitrogens is 2. The van der Waals surface area contributed by atoms with Gasteiger partial charge in [0.2, 0.25) is 5.11 Å². The molecule has 0 aromatic carbocycles. The SMILES string of the molecule is CC1(O)NNC(=S)N(O)C1O.S=c1nccc[nH]1. The molecular formula is C8H13N5O3S2. The van der Waals surface area contributed by atoms with Crippen molar-refractivity contribution >= 4 is 29.5 Å². The average molecular weight is 291 g/mol. The summed E-state index contributed by atoms with van der Waals surface area (Å²) in [5.74, 6) is 0. The fourth-order valence-electron chi connectivity index (χ4n) is 0.961. The molecule has 0 radical (unpaired) electrons. The molecule has 0 aliphatic carbocycles. The molecule has 1 aliphatic heterocycles. The Labute approximate surface area is 113 Å². The molecule has 8 nitrogen and oxygen atoms in total. The number of aliphatic hydroxyl groups is 2. The second kappa shape index (κ2) is 6.13. The minimum Gasteiger partial charge on any atom is -0.370 e. The van der Waals surface area contributed by atoms with E-state index in [1.54, 1.807) is 18.5 Å². The molecule has 10 heteroatoms. The number of aliphatic hydroxyl groups excluding tert-OH is 1. The average Bonchev–Trinajstić information content (AvgIpc) is 2.34. The molecule has 2 heterocycles. The second-order valence-corrected chi connectivity index (χ2v) is 4.28. The number of rotatable bonds is 0. The number of nitrogens with one attached hydrogen (secondary N) is 3. The van der Waals surface area contributed by atoms with E-state index < -0.39 is 12.0 Å². The molecule has 0 spiro atoms. The molecule has 18 heavy (non-hydrogen) atoms. The fraction of sp³-hybridized carbons (Fsp3) is 0.375. The van der Waals surface area contributed by atoms with Crippen LogP contribution in [-0.4, -0.2) is 47.5 Å². The van der Waals surface area contributed by atoms with Gasteiger partial charge in [0.15, 0.2) is 16.7 Å². The first kappa shape index (κ1) is 14.9. The van der Waals surface area contributed by atoms with Gasteiger partial charge in [0.05, 0.1) is 0 Å². The Bertz CT molecular complexity index is 449. The molecular weight excluding hydrogens is 278 g/mol. The smallest absolute Gasteiger partial charge is 0.210 e. The van der Waals surface area contributed by atoms with E-state index in [4.69, 9.17) is 10.3 Å². The van der Waals surface area contributed by atoms with Crippen LogP contribution in [0.3, 0.4) is 0 Å². The number of hydroxylamine groups is 2. The zero-order chi connectivity index (χ0) is 13.8. The van der Waals surface area contributed by atoms with Crippen LogP contribution in [0.5, 0.6) is 0 Å². The number of H-pyrrole nitrogens is 1. The topological polar surface area (TPSA) is 117 Å². The van der Waals surface area contributed by atoms with Gasteiger partial charge in [-0.05, 0) is 37.4 Å². The summed E-state index contributed by atoms with van der Waals surface area (Å²) in [5.41, 5.74) is 2.97. The maximum Gasteiger partial charge on any atom is 0.210 e. The van der Waals surface area contributed by atoms with Gasteiger partial charge < -0.3 is 15.2 Å². The van der Waals surface area contributed by atoms with Gasteiger partial charge in [-0.25, -0.2) is 10.4 Å². The Morgan fingerprint density at radius 3 is 2.56 bits per heavy atom. The first-order valence-electron chi connectivity index (χ1n) is 4.80. The standard InChI is InChI=1S/C4H9N3O3S.C4H4N2S/c1-4(9)2(8)7(10)3(11)5-6-4;7-4-5-2-1-3-6-4/h2,6,8-10H,1H3,(H,5,11);1-3H,(H,5,6,7). The Kier molecular flexibility index (Phi) is 5.07. The summed E-state index contributed by atoms with van der Waals surface area (Å²) >= 11 is 9.18. The quantitative estimate of drug-likeness (QED) is 0.343. The van der Waals surface area contributed by atoms with Gasteiger partial charge in [-0.1, -0.05) is 0 Å². The zero-order valence-corrected chi connectivity index (χ0v) is 11.0. The molecule has 1 aromatic heterocycles. The summed E-state index contributed by atoms with van der Waals surface area (Å²) in [7, 11) is 0. The molecule has 0 bridgehead atoms. The van der Waals surface area contributed by atoms with Crippen LogP contribution in [0.15, 0.2) is 18.5 Å². The van der Waals surface area contributed by atoms with Crippen molar-refractivity contribution < 1.29 is 15.4 Å². The minimum atomic E-state index is -1.63. The van der Waals surface area contributed by atoms with E-state index in [0.29, 0.717) is 9.83 Å². The number of aromatic amines is 1. The highest BCUT2D eigenvalue weighted by molar-refractivity contribution is 7.80. The first-order valence-corrected chi connectivity index (χ1v) is 5.61. The summed E-state index contributed by atoms with van der Waals surface area (Å²) in [6, 6.07) is 1.79. The van der Waals surface area contributed by atoms with Crippen LogP contribution in [0.25, 0.3) is 0 Å².